The van der Waals surface area contributed by atoms with Gasteiger partial charge in [-0.2, -0.15) is 0 Å². The van der Waals surface area contributed by atoms with E-state index in [-0.39, 0.29) is 30.5 Å². The number of likely N-dealkylation sites (tertiary alicyclic amines) is 1. The van der Waals surface area contributed by atoms with Gasteiger partial charge in [-0.1, -0.05) is 49.8 Å². The summed E-state index contributed by atoms with van der Waals surface area (Å²) in [5.74, 6) is -0.866. The van der Waals surface area contributed by atoms with Crippen LogP contribution in [0.4, 0.5) is 4.79 Å². The van der Waals surface area contributed by atoms with E-state index in [1.54, 1.807) is 23.6 Å². The van der Waals surface area contributed by atoms with Crippen LogP contribution in [0.15, 0.2) is 36.2 Å². The van der Waals surface area contributed by atoms with E-state index >= 15 is 0 Å². The molecule has 3 N–H and O–H groups in total. The van der Waals surface area contributed by atoms with E-state index in [0.717, 1.165) is 12.8 Å². The molecule has 3 amide bonds. The van der Waals surface area contributed by atoms with Gasteiger partial charge in [-0.05, 0) is 55.1 Å². The molecule has 4 fully saturated rings. The lowest BCUT2D eigenvalue weighted by Crippen LogP contribution is -2.59. The maximum absolute atomic E-state index is 14.6. The highest BCUT2D eigenvalue weighted by Crippen LogP contribution is 2.52. The Morgan fingerprint density at radius 3 is 2.41 bits per heavy atom. The van der Waals surface area contributed by atoms with Crippen LogP contribution in [0.5, 0.6) is 16.7 Å². The Morgan fingerprint density at radius 1 is 1.06 bits per heavy atom. The molecule has 0 radical (unpaired) electrons. The summed E-state index contributed by atoms with van der Waals surface area (Å²) in [6.45, 7) is 9.11. The lowest BCUT2D eigenvalue weighted by atomic mass is 9.85. The number of benzene rings is 1. The van der Waals surface area contributed by atoms with E-state index in [1.165, 1.54) is 43.0 Å². The molecule has 1 saturated heterocycles. The van der Waals surface area contributed by atoms with Crippen molar-refractivity contribution in [3.8, 4) is 28.1 Å². The third-order valence-electron chi connectivity index (χ3n) is 11.0. The number of carboxylic acid groups (broad SMARTS) is 1. The summed E-state index contributed by atoms with van der Waals surface area (Å²) in [4.78, 5) is 64.9. The Hall–Kier alpha value is -4.63. The van der Waals surface area contributed by atoms with Gasteiger partial charge in [0.05, 0.1) is 32.0 Å². The second-order valence-corrected chi connectivity index (χ2v) is 16.9. The Kier molecular flexibility index (Phi) is 9.92. The number of aliphatic carboxylic acids is 1. The van der Waals surface area contributed by atoms with Crippen LogP contribution < -0.4 is 24.8 Å². The second-order valence-electron chi connectivity index (χ2n) is 15.7. The summed E-state index contributed by atoms with van der Waals surface area (Å²) >= 11 is 8.05. The highest BCUT2D eigenvalue weighted by atomic mass is 35.5. The zero-order valence-electron chi connectivity index (χ0n) is 30.7. The minimum atomic E-state index is -1.53. The number of carboxylic acids is 1. The third kappa shape index (κ3) is 7.15. The molecule has 1 aliphatic heterocycles. The number of nitrogens with one attached hydrogen (secondary N) is 2. The lowest BCUT2D eigenvalue weighted by Gasteiger charge is -2.35. The maximum atomic E-state index is 14.6. The molecule has 0 spiro atoms. The molecule has 0 unspecified atom stereocenters. The molecule has 3 aliphatic carbocycles. The van der Waals surface area contributed by atoms with Crippen LogP contribution in [0.25, 0.3) is 22.3 Å². The van der Waals surface area contributed by atoms with Gasteiger partial charge in [0.25, 0.3) is 5.19 Å². The summed E-state index contributed by atoms with van der Waals surface area (Å²) in [5, 5.41) is 18.6. The normalized spacial score (nSPS) is 27.4. The molecule has 288 valence electrons. The zero-order valence-corrected chi connectivity index (χ0v) is 32.3. The number of rotatable bonds is 12. The van der Waals surface area contributed by atoms with Gasteiger partial charge in [-0.3, -0.25) is 9.59 Å². The number of nitrogens with zero attached hydrogens (tertiary/aromatic N) is 3. The number of fused-ring (bicyclic) bond motifs is 2. The Labute approximate surface area is 321 Å². The molecule has 3 aromatic rings. The number of aromatic nitrogens is 2. The third-order valence-corrected chi connectivity index (χ3v) is 12.2. The van der Waals surface area contributed by atoms with Gasteiger partial charge in [0.15, 0.2) is 0 Å². The number of halogens is 1. The van der Waals surface area contributed by atoms with Gasteiger partial charge < -0.3 is 39.6 Å². The minimum Gasteiger partial charge on any atom is -0.495 e. The highest BCUT2D eigenvalue weighted by Gasteiger charge is 2.61. The van der Waals surface area contributed by atoms with Crippen LogP contribution in [-0.2, 0) is 19.1 Å². The number of carbonyl (C=O) groups excluding carboxylic acids is 3. The molecule has 4 aliphatic rings. The molecule has 0 bridgehead atoms. The molecule has 3 heterocycles. The number of carbonyl (C=O) groups is 4. The number of hydrogen-bond donors (Lipinski definition) is 3. The van der Waals surface area contributed by atoms with Gasteiger partial charge in [0.1, 0.15) is 52.0 Å². The monoisotopic (exact) mass is 781 g/mol. The van der Waals surface area contributed by atoms with Crippen LogP contribution in [0.3, 0.4) is 0 Å². The molecule has 7 rings (SSSR count). The van der Waals surface area contributed by atoms with E-state index in [0.29, 0.717) is 50.8 Å². The van der Waals surface area contributed by atoms with Crippen LogP contribution in [-0.4, -0.2) is 94.4 Å². The summed E-state index contributed by atoms with van der Waals surface area (Å²) in [7, 11) is 3.02. The van der Waals surface area contributed by atoms with Gasteiger partial charge in [-0.25, -0.2) is 19.6 Å². The molecule has 1 aromatic carbocycles. The van der Waals surface area contributed by atoms with E-state index in [1.807, 2.05) is 20.8 Å². The fourth-order valence-electron chi connectivity index (χ4n) is 7.81. The quantitative estimate of drug-likeness (QED) is 0.199. The first-order valence-electron chi connectivity index (χ1n) is 17.9. The number of ether oxygens (including phenoxy) is 4. The van der Waals surface area contributed by atoms with Crippen LogP contribution in [0.2, 0.25) is 5.02 Å². The smallest absolute Gasteiger partial charge is 0.408 e. The standard InChI is InChI=1S/C38H44ClN5O9S/c1-7-20-15-38(20,34(47)48)43-32(45)26-13-22(16-44(26)33(46)31(37(2,3)4)42-35(49)53-21-11-18-10-19(18)12-21)52-28-14-24(25-17-54-36(41-25)51-6)40-30-23(28)8-9-27(50-5)29(30)39/h7-9,14,17-22,26,31H,1,10-13,15-16H2,2-6H3,(H,42,49)(H,43,45)(H,47,48)/t18-,19+,20-,21+,22-,26+,31-,38-/m1/s1. The van der Waals surface area contributed by atoms with E-state index in [4.69, 9.17) is 35.5 Å². The molecular weight excluding hydrogens is 738 g/mol. The first-order chi connectivity index (χ1) is 25.6. The number of amides is 3. The number of thiazole rings is 1. The highest BCUT2D eigenvalue weighted by molar-refractivity contribution is 7.11. The van der Waals surface area contributed by atoms with E-state index < -0.39 is 58.9 Å². The largest absolute Gasteiger partial charge is 0.495 e. The van der Waals surface area contributed by atoms with Crippen molar-refractivity contribution in [1.29, 1.82) is 0 Å². The first kappa shape index (κ1) is 37.7. The average Bonchev–Trinajstić information content (AvgIpc) is 3.78. The average molecular weight is 782 g/mol. The summed E-state index contributed by atoms with van der Waals surface area (Å²) in [6.07, 6.45) is 2.86. The molecule has 2 aromatic heterocycles. The molecule has 8 atom stereocenters. The maximum Gasteiger partial charge on any atom is 0.408 e. The van der Waals surface area contributed by atoms with Gasteiger partial charge >= 0.3 is 12.1 Å². The van der Waals surface area contributed by atoms with E-state index in [9.17, 15) is 24.3 Å². The summed E-state index contributed by atoms with van der Waals surface area (Å²) in [5.41, 5.74) is -0.973. The van der Waals surface area contributed by atoms with Crippen molar-refractivity contribution in [3.63, 3.8) is 0 Å². The van der Waals surface area contributed by atoms with Gasteiger partial charge in [0, 0.05) is 29.2 Å². The van der Waals surface area contributed by atoms with Crippen molar-refractivity contribution in [1.82, 2.24) is 25.5 Å². The number of alkyl carbamates (subject to hydrolysis) is 1. The molecular formula is C38H44ClN5O9S. The van der Waals surface area contributed by atoms with Crippen molar-refractivity contribution in [3.05, 3.63) is 41.3 Å². The van der Waals surface area contributed by atoms with Crippen molar-refractivity contribution < 1.29 is 43.2 Å². The minimum absolute atomic E-state index is 0.0196. The summed E-state index contributed by atoms with van der Waals surface area (Å²) in [6, 6.07) is 2.95. The molecule has 3 saturated carbocycles. The van der Waals surface area contributed by atoms with Crippen molar-refractivity contribution >= 4 is 57.7 Å². The van der Waals surface area contributed by atoms with Crippen molar-refractivity contribution in [2.45, 2.75) is 82.7 Å². The van der Waals surface area contributed by atoms with Crippen LogP contribution in [0, 0.1) is 23.2 Å². The van der Waals surface area contributed by atoms with Crippen molar-refractivity contribution in [2.24, 2.45) is 23.2 Å². The predicted octanol–water partition coefficient (Wildman–Crippen LogP) is 5.46. The van der Waals surface area contributed by atoms with Crippen LogP contribution in [0.1, 0.15) is 52.9 Å². The van der Waals surface area contributed by atoms with Crippen molar-refractivity contribution in [2.75, 3.05) is 20.8 Å². The molecule has 54 heavy (non-hydrogen) atoms. The first-order valence-corrected chi connectivity index (χ1v) is 19.2. The fourth-order valence-corrected chi connectivity index (χ4v) is 8.73. The van der Waals surface area contributed by atoms with Gasteiger partial charge in [0.2, 0.25) is 11.8 Å². The van der Waals surface area contributed by atoms with E-state index in [2.05, 4.69) is 22.2 Å². The number of pyridine rings is 1. The van der Waals surface area contributed by atoms with Crippen LogP contribution >= 0.6 is 22.9 Å². The number of methoxy groups -OCH3 is 2. The summed E-state index contributed by atoms with van der Waals surface area (Å²) < 4.78 is 23.1. The molecule has 14 nitrogen and oxygen atoms in total. The fraction of sp³-hybridized carbons (Fsp3) is 0.526. The zero-order chi connectivity index (χ0) is 38.7. The predicted molar refractivity (Wildman–Crippen MR) is 200 cm³/mol. The second kappa shape index (κ2) is 14.2. The SMILES string of the molecule is C=C[C@@H]1C[C@]1(NC(=O)[C@@H]1C[C@@H](Oc2cc(-c3csc(OC)n3)nc3c(Cl)c(OC)ccc23)CN1C(=O)[C@@H](NC(=O)O[C@@H]1C[C@@H]2C[C@@H]2C1)C(C)(C)C)C(=O)O. The van der Waals surface area contributed by atoms with Gasteiger partial charge in [-0.15, -0.1) is 6.58 Å². The Bertz CT molecular complexity index is 2010. The number of hydrogen-bond acceptors (Lipinski definition) is 11. The Morgan fingerprint density at radius 2 is 1.80 bits per heavy atom. The Balaban J connectivity index is 1.20. The molecule has 16 heteroatoms. The topological polar surface area (TPSA) is 179 Å². The lowest BCUT2D eigenvalue weighted by molar-refractivity contribution is -0.146.